The average molecular weight is 409 g/mol. The van der Waals surface area contributed by atoms with E-state index in [4.69, 9.17) is 0 Å². The number of allylic oxidation sites excluding steroid dienone is 4. The maximum atomic E-state index is 13.3. The molecule has 1 unspecified atom stereocenters. The molecule has 0 saturated heterocycles. The molecule has 0 heterocycles. The zero-order valence-corrected chi connectivity index (χ0v) is 17.6. The highest BCUT2D eigenvalue weighted by Gasteiger charge is 2.18. The van der Waals surface area contributed by atoms with Crippen LogP contribution in [-0.4, -0.2) is 14.4 Å². The Morgan fingerprint density at radius 3 is 2.21 bits per heavy atom. The van der Waals surface area contributed by atoms with Crippen molar-refractivity contribution in [3.63, 3.8) is 0 Å². The van der Waals surface area contributed by atoms with Gasteiger partial charge in [0.05, 0.1) is 15.7 Å². The third-order valence-electron chi connectivity index (χ3n) is 4.96. The number of phenols is 2. The second-order valence-corrected chi connectivity index (χ2v) is 8.76. The maximum absolute atomic E-state index is 13.3. The Balaban J connectivity index is 2.03. The lowest BCUT2D eigenvalue weighted by molar-refractivity contribution is 0.458. The molecular formula is C25H28O3S. The molecule has 2 aliphatic rings. The van der Waals surface area contributed by atoms with Gasteiger partial charge in [-0.1, -0.05) is 48.1 Å². The number of aromatic hydroxyl groups is 2. The topological polar surface area (TPSA) is 57.5 Å². The Bertz CT molecular complexity index is 953. The van der Waals surface area contributed by atoms with Crippen molar-refractivity contribution in [2.24, 2.45) is 0 Å². The van der Waals surface area contributed by atoms with Gasteiger partial charge in [0.2, 0.25) is 0 Å². The lowest BCUT2D eigenvalue weighted by Gasteiger charge is -2.13. The summed E-state index contributed by atoms with van der Waals surface area (Å²) in [5.74, 6) is 0.106. The SMILES string of the molecule is Cc1ccc(S(=O)/C2=C/CCC/C=C\CCC/C=C\c3cc(O)c2cc3O)cc1. The quantitative estimate of drug-likeness (QED) is 0.442. The molecule has 0 radical (unpaired) electrons. The second kappa shape index (κ2) is 10.3. The van der Waals surface area contributed by atoms with E-state index in [-0.39, 0.29) is 11.5 Å². The van der Waals surface area contributed by atoms with Gasteiger partial charge < -0.3 is 10.2 Å². The van der Waals surface area contributed by atoms with Crippen LogP contribution in [0.5, 0.6) is 11.5 Å². The van der Waals surface area contributed by atoms with Gasteiger partial charge in [0, 0.05) is 16.0 Å². The summed E-state index contributed by atoms with van der Waals surface area (Å²) < 4.78 is 13.3. The van der Waals surface area contributed by atoms with Crippen LogP contribution < -0.4 is 0 Å². The lowest BCUT2D eigenvalue weighted by Crippen LogP contribution is -1.98. The molecule has 2 aromatic rings. The van der Waals surface area contributed by atoms with E-state index in [0.717, 1.165) is 44.1 Å². The van der Waals surface area contributed by atoms with Crippen molar-refractivity contribution in [1.29, 1.82) is 0 Å². The zero-order chi connectivity index (χ0) is 20.6. The Hall–Kier alpha value is -2.59. The van der Waals surface area contributed by atoms with E-state index >= 15 is 0 Å². The maximum Gasteiger partial charge on any atom is 0.124 e. The van der Waals surface area contributed by atoms with Crippen molar-refractivity contribution in [2.75, 3.05) is 0 Å². The van der Waals surface area contributed by atoms with Crippen LogP contribution in [0.2, 0.25) is 0 Å². The second-order valence-electron chi connectivity index (χ2n) is 7.31. The molecule has 0 aliphatic heterocycles. The summed E-state index contributed by atoms with van der Waals surface area (Å²) in [5, 5.41) is 21.2. The fourth-order valence-corrected chi connectivity index (χ4v) is 4.54. The summed E-state index contributed by atoms with van der Waals surface area (Å²) in [6.07, 6.45) is 15.8. The molecule has 29 heavy (non-hydrogen) atoms. The Morgan fingerprint density at radius 2 is 1.48 bits per heavy atom. The number of phenolic OH excluding ortho intramolecular Hbond substituents is 2. The molecule has 2 N–H and O–H groups in total. The lowest BCUT2D eigenvalue weighted by atomic mass is 10.1. The predicted molar refractivity (Wildman–Crippen MR) is 121 cm³/mol. The summed E-state index contributed by atoms with van der Waals surface area (Å²) in [6, 6.07) is 10.6. The molecule has 4 rings (SSSR count). The highest BCUT2D eigenvalue weighted by Crippen LogP contribution is 2.36. The molecule has 0 aromatic heterocycles. The Kier molecular flexibility index (Phi) is 7.48. The Labute approximate surface area is 175 Å². The van der Waals surface area contributed by atoms with Crippen molar-refractivity contribution in [2.45, 2.75) is 50.3 Å². The van der Waals surface area contributed by atoms with E-state index < -0.39 is 10.8 Å². The molecule has 1 atom stereocenters. The molecule has 2 aliphatic carbocycles. The smallest absolute Gasteiger partial charge is 0.124 e. The van der Waals surface area contributed by atoms with Crippen molar-refractivity contribution in [1.82, 2.24) is 0 Å². The summed E-state index contributed by atoms with van der Waals surface area (Å²) in [7, 11) is -1.45. The van der Waals surface area contributed by atoms with Crippen LogP contribution in [0, 0.1) is 6.92 Å². The number of hydrogen-bond acceptors (Lipinski definition) is 3. The number of benzene rings is 2. The predicted octanol–water partition coefficient (Wildman–Crippen LogP) is 6.48. The van der Waals surface area contributed by atoms with Crippen LogP contribution in [0.15, 0.2) is 65.6 Å². The summed E-state index contributed by atoms with van der Waals surface area (Å²) in [5.41, 5.74) is 2.08. The summed E-state index contributed by atoms with van der Waals surface area (Å²) in [6.45, 7) is 1.99. The molecule has 0 saturated carbocycles. The molecular weight excluding hydrogens is 380 g/mol. The standard InChI is InChI=1S/C25H28O3S/c1-19-13-15-21(16-14-19)29(28)25-12-10-8-6-4-2-3-5-7-9-11-20-17-24(27)22(25)18-23(20)26/h2,4,9,11-18,26-27H,3,5-8,10H2,1H3/b4-2-,11-9-,25-12+. The van der Waals surface area contributed by atoms with Crippen LogP contribution in [-0.2, 0) is 10.8 Å². The summed E-state index contributed by atoms with van der Waals surface area (Å²) >= 11 is 0. The molecule has 0 spiro atoms. The zero-order valence-electron chi connectivity index (χ0n) is 16.8. The van der Waals surface area contributed by atoms with Gasteiger partial charge in [-0.3, -0.25) is 0 Å². The van der Waals surface area contributed by atoms with Crippen molar-refractivity contribution in [3.8, 4) is 11.5 Å². The number of aryl methyl sites for hydroxylation is 1. The molecule has 0 fully saturated rings. The van der Waals surface area contributed by atoms with Gasteiger partial charge in [-0.25, -0.2) is 4.21 Å². The van der Waals surface area contributed by atoms with E-state index in [0.29, 0.717) is 20.9 Å². The molecule has 0 amide bonds. The van der Waals surface area contributed by atoms with E-state index in [1.807, 2.05) is 49.4 Å². The highest BCUT2D eigenvalue weighted by molar-refractivity contribution is 7.94. The average Bonchev–Trinajstić information content (AvgIpc) is 2.71. The third-order valence-corrected chi connectivity index (χ3v) is 6.44. The molecule has 2 bridgehead atoms. The highest BCUT2D eigenvalue weighted by atomic mass is 32.2. The minimum Gasteiger partial charge on any atom is -0.507 e. The fraction of sp³-hybridized carbons (Fsp3) is 0.280. The van der Waals surface area contributed by atoms with Crippen LogP contribution in [0.1, 0.15) is 55.2 Å². The minimum atomic E-state index is -1.45. The molecule has 2 aromatic carbocycles. The van der Waals surface area contributed by atoms with Crippen LogP contribution in [0.4, 0.5) is 0 Å². The van der Waals surface area contributed by atoms with Gasteiger partial charge in [0.15, 0.2) is 0 Å². The van der Waals surface area contributed by atoms with Gasteiger partial charge in [-0.2, -0.15) is 0 Å². The largest absolute Gasteiger partial charge is 0.507 e. The van der Waals surface area contributed by atoms with E-state index in [2.05, 4.69) is 12.2 Å². The van der Waals surface area contributed by atoms with Crippen LogP contribution in [0.3, 0.4) is 0 Å². The molecule has 4 heteroatoms. The minimum absolute atomic E-state index is 0.0288. The first kappa shape index (κ1) is 21.1. The normalized spacial score (nSPS) is 20.5. The van der Waals surface area contributed by atoms with Crippen molar-refractivity contribution >= 4 is 21.8 Å². The van der Waals surface area contributed by atoms with Crippen molar-refractivity contribution in [3.05, 3.63) is 77.4 Å². The van der Waals surface area contributed by atoms with Gasteiger partial charge in [0.25, 0.3) is 0 Å². The van der Waals surface area contributed by atoms with E-state index in [1.165, 1.54) is 6.07 Å². The number of hydrogen-bond donors (Lipinski definition) is 2. The number of rotatable bonds is 2. The van der Waals surface area contributed by atoms with Gasteiger partial charge in [-0.05, 0) is 69.7 Å². The molecule has 152 valence electrons. The fourth-order valence-electron chi connectivity index (χ4n) is 3.27. The van der Waals surface area contributed by atoms with Gasteiger partial charge in [0.1, 0.15) is 11.5 Å². The molecule has 3 nitrogen and oxygen atoms in total. The first-order valence-electron chi connectivity index (χ1n) is 10.1. The first-order valence-corrected chi connectivity index (χ1v) is 11.3. The van der Waals surface area contributed by atoms with Gasteiger partial charge in [-0.15, -0.1) is 0 Å². The van der Waals surface area contributed by atoms with Gasteiger partial charge >= 0.3 is 0 Å². The third kappa shape index (κ3) is 5.70. The van der Waals surface area contributed by atoms with E-state index in [9.17, 15) is 14.4 Å². The van der Waals surface area contributed by atoms with E-state index in [1.54, 1.807) is 6.07 Å². The first-order chi connectivity index (χ1) is 14.1. The Morgan fingerprint density at radius 1 is 0.828 bits per heavy atom. The monoisotopic (exact) mass is 408 g/mol. The number of fused-ring (bicyclic) bond motifs is 10. The van der Waals surface area contributed by atoms with Crippen molar-refractivity contribution < 1.29 is 14.4 Å². The van der Waals surface area contributed by atoms with Crippen LogP contribution in [0.25, 0.3) is 11.0 Å². The van der Waals surface area contributed by atoms with Crippen LogP contribution >= 0.6 is 0 Å². The summed E-state index contributed by atoms with van der Waals surface area (Å²) in [4.78, 5) is 1.22.